The molecule has 1 heterocycles. The third-order valence-electron chi connectivity index (χ3n) is 7.26. The Bertz CT molecular complexity index is 1010. The van der Waals surface area contributed by atoms with Crippen molar-refractivity contribution in [3.8, 4) is 11.1 Å². The Kier molecular flexibility index (Phi) is 4.56. The van der Waals surface area contributed by atoms with Crippen LogP contribution in [0.2, 0.25) is 0 Å². The third-order valence-corrected chi connectivity index (χ3v) is 7.26. The van der Waals surface area contributed by atoms with Crippen molar-refractivity contribution in [2.24, 2.45) is 29.4 Å². The molecule has 158 valence electrons. The lowest BCUT2D eigenvalue weighted by Gasteiger charge is -2.24. The number of rotatable bonds is 5. The van der Waals surface area contributed by atoms with Gasteiger partial charge in [0.15, 0.2) is 0 Å². The van der Waals surface area contributed by atoms with Gasteiger partial charge in [-0.25, -0.2) is 8.78 Å². The average molecular weight is 412 g/mol. The van der Waals surface area contributed by atoms with Gasteiger partial charge in [0.2, 0.25) is 5.91 Å². The monoisotopic (exact) mass is 412 g/mol. The van der Waals surface area contributed by atoms with E-state index < -0.39 is 17.8 Å². The van der Waals surface area contributed by atoms with Gasteiger partial charge in [-0.1, -0.05) is 25.1 Å². The van der Waals surface area contributed by atoms with Crippen LogP contribution < -0.4 is 22.1 Å². The van der Waals surface area contributed by atoms with E-state index in [1.54, 1.807) is 18.2 Å². The van der Waals surface area contributed by atoms with Gasteiger partial charge in [0, 0.05) is 12.5 Å². The average Bonchev–Trinajstić information content (AvgIpc) is 3.07. The molecule has 1 saturated heterocycles. The standard InChI is InChI=1S/C23H26F2N4O/c1-10-20-14-9-18(21(10)20)28-22(14)23(30)29-19(27)8-13-3-2-11(6-15(13)24)12-4-5-17(26)16(25)7-12/h2-7,10,14,18-22,28H,8-9,26-27H2,1H3,(H,29,30). The van der Waals surface area contributed by atoms with Crippen molar-refractivity contribution >= 4 is 11.6 Å². The molecule has 2 bridgehead atoms. The summed E-state index contributed by atoms with van der Waals surface area (Å²) in [6, 6.07) is 9.32. The van der Waals surface area contributed by atoms with Crippen LogP contribution in [-0.4, -0.2) is 24.2 Å². The van der Waals surface area contributed by atoms with E-state index in [4.69, 9.17) is 11.5 Å². The summed E-state index contributed by atoms with van der Waals surface area (Å²) in [6.45, 7) is 2.26. The number of nitrogens with two attached hydrogens (primary N) is 2. The van der Waals surface area contributed by atoms with Crippen molar-refractivity contribution < 1.29 is 13.6 Å². The smallest absolute Gasteiger partial charge is 0.238 e. The highest BCUT2D eigenvalue weighted by Crippen LogP contribution is 2.64. The number of fused-ring (bicyclic) bond motifs is 5. The van der Waals surface area contributed by atoms with E-state index in [0.29, 0.717) is 40.5 Å². The summed E-state index contributed by atoms with van der Waals surface area (Å²) in [5, 5.41) is 6.29. The maximum absolute atomic E-state index is 14.6. The fourth-order valence-corrected chi connectivity index (χ4v) is 5.76. The number of hydrogen-bond donors (Lipinski definition) is 4. The predicted molar refractivity (Wildman–Crippen MR) is 111 cm³/mol. The molecule has 7 heteroatoms. The number of piperidine rings is 1. The molecule has 30 heavy (non-hydrogen) atoms. The van der Waals surface area contributed by atoms with Crippen molar-refractivity contribution in [1.82, 2.24) is 10.6 Å². The summed E-state index contributed by atoms with van der Waals surface area (Å²) in [7, 11) is 0. The van der Waals surface area contributed by atoms with E-state index in [1.165, 1.54) is 18.2 Å². The summed E-state index contributed by atoms with van der Waals surface area (Å²) in [5.41, 5.74) is 13.1. The number of carbonyl (C=O) groups is 1. The lowest BCUT2D eigenvalue weighted by Crippen LogP contribution is -2.53. The summed E-state index contributed by atoms with van der Waals surface area (Å²) in [5.74, 6) is 1.40. The summed E-state index contributed by atoms with van der Waals surface area (Å²) in [6.07, 6.45) is 0.562. The third kappa shape index (κ3) is 3.17. The van der Waals surface area contributed by atoms with Crippen LogP contribution in [0.15, 0.2) is 36.4 Å². The van der Waals surface area contributed by atoms with Gasteiger partial charge in [0.25, 0.3) is 0 Å². The van der Waals surface area contributed by atoms with Crippen molar-refractivity contribution in [2.75, 3.05) is 5.73 Å². The molecule has 0 aromatic heterocycles. The van der Waals surface area contributed by atoms with Gasteiger partial charge in [0.1, 0.15) is 11.6 Å². The largest absolute Gasteiger partial charge is 0.396 e. The van der Waals surface area contributed by atoms with Gasteiger partial charge >= 0.3 is 0 Å². The zero-order chi connectivity index (χ0) is 21.2. The number of anilines is 1. The molecule has 3 fully saturated rings. The fourth-order valence-electron chi connectivity index (χ4n) is 5.76. The SMILES string of the molecule is CC1C2C3CC(C(C(=O)NC(N)Cc4ccc(-c5ccc(N)c(F)c5)cc4F)N3)C12. The first-order chi connectivity index (χ1) is 14.3. The predicted octanol–water partition coefficient (Wildman–Crippen LogP) is 2.40. The van der Waals surface area contributed by atoms with E-state index in [-0.39, 0.29) is 24.1 Å². The van der Waals surface area contributed by atoms with Crippen LogP contribution in [0, 0.1) is 35.3 Å². The molecule has 7 unspecified atom stereocenters. The van der Waals surface area contributed by atoms with Crippen LogP contribution in [0.1, 0.15) is 18.9 Å². The molecule has 2 saturated carbocycles. The molecular weight excluding hydrogens is 386 g/mol. The van der Waals surface area contributed by atoms with Crippen LogP contribution in [0.3, 0.4) is 0 Å². The second-order valence-corrected chi connectivity index (χ2v) is 9.03. The molecule has 0 radical (unpaired) electrons. The summed E-state index contributed by atoms with van der Waals surface area (Å²) in [4.78, 5) is 12.7. The number of nitrogens with one attached hydrogen (secondary N) is 2. The molecule has 5 rings (SSSR count). The van der Waals surface area contributed by atoms with E-state index in [2.05, 4.69) is 17.6 Å². The van der Waals surface area contributed by atoms with Crippen molar-refractivity contribution in [3.05, 3.63) is 53.6 Å². The van der Waals surface area contributed by atoms with Gasteiger partial charge in [-0.05, 0) is 65.0 Å². The second kappa shape index (κ2) is 7.03. The fraction of sp³-hybridized carbons (Fsp3) is 0.435. The van der Waals surface area contributed by atoms with Crippen LogP contribution in [0.25, 0.3) is 11.1 Å². The quantitative estimate of drug-likeness (QED) is 0.448. The molecule has 5 nitrogen and oxygen atoms in total. The maximum Gasteiger partial charge on any atom is 0.238 e. The molecule has 2 aliphatic carbocycles. The van der Waals surface area contributed by atoms with Crippen molar-refractivity contribution in [3.63, 3.8) is 0 Å². The molecular formula is C23H26F2N4O. The normalized spacial score (nSPS) is 32.0. The number of amides is 1. The van der Waals surface area contributed by atoms with Crippen molar-refractivity contribution in [1.29, 1.82) is 0 Å². The van der Waals surface area contributed by atoms with Gasteiger partial charge in [-0.15, -0.1) is 0 Å². The molecule has 6 N–H and O–H groups in total. The van der Waals surface area contributed by atoms with E-state index in [1.807, 2.05) is 0 Å². The van der Waals surface area contributed by atoms with E-state index in [9.17, 15) is 13.6 Å². The van der Waals surface area contributed by atoms with Gasteiger partial charge in [0.05, 0.1) is 17.9 Å². The molecule has 7 atom stereocenters. The Morgan fingerprint density at radius 1 is 1.17 bits per heavy atom. The van der Waals surface area contributed by atoms with Crippen LogP contribution >= 0.6 is 0 Å². The van der Waals surface area contributed by atoms with E-state index in [0.717, 1.165) is 12.3 Å². The summed E-state index contributed by atoms with van der Waals surface area (Å²) >= 11 is 0. The van der Waals surface area contributed by atoms with Crippen LogP contribution in [0.5, 0.6) is 0 Å². The Labute approximate surface area is 174 Å². The Hall–Kier alpha value is -2.51. The Balaban J connectivity index is 1.22. The minimum absolute atomic E-state index is 0.0502. The van der Waals surface area contributed by atoms with Crippen molar-refractivity contribution in [2.45, 2.75) is 38.0 Å². The Morgan fingerprint density at radius 3 is 2.53 bits per heavy atom. The zero-order valence-electron chi connectivity index (χ0n) is 16.7. The number of carbonyl (C=O) groups excluding carboxylic acids is 1. The number of benzene rings is 2. The molecule has 0 spiro atoms. The van der Waals surface area contributed by atoms with Gasteiger partial charge < -0.3 is 22.1 Å². The lowest BCUT2D eigenvalue weighted by molar-refractivity contribution is -0.124. The van der Waals surface area contributed by atoms with Gasteiger partial charge in [-0.2, -0.15) is 0 Å². The van der Waals surface area contributed by atoms with E-state index >= 15 is 0 Å². The molecule has 2 aromatic carbocycles. The first kappa shape index (κ1) is 19.5. The summed E-state index contributed by atoms with van der Waals surface area (Å²) < 4.78 is 28.3. The maximum atomic E-state index is 14.6. The molecule has 3 aliphatic rings. The highest BCUT2D eigenvalue weighted by Gasteiger charge is 2.67. The molecule has 1 aliphatic heterocycles. The minimum atomic E-state index is -0.680. The Morgan fingerprint density at radius 2 is 1.87 bits per heavy atom. The zero-order valence-corrected chi connectivity index (χ0v) is 16.7. The number of hydrogen-bond acceptors (Lipinski definition) is 4. The number of halogens is 2. The second-order valence-electron chi connectivity index (χ2n) is 9.03. The first-order valence-electron chi connectivity index (χ1n) is 10.5. The van der Waals surface area contributed by atoms with Crippen LogP contribution in [-0.2, 0) is 11.2 Å². The topological polar surface area (TPSA) is 93.2 Å². The molecule has 1 amide bonds. The highest BCUT2D eigenvalue weighted by molar-refractivity contribution is 5.83. The minimum Gasteiger partial charge on any atom is -0.396 e. The molecule has 2 aromatic rings. The lowest BCUT2D eigenvalue weighted by atomic mass is 9.94. The number of nitrogen functional groups attached to an aromatic ring is 1. The van der Waals surface area contributed by atoms with Gasteiger partial charge in [-0.3, -0.25) is 4.79 Å². The van der Waals surface area contributed by atoms with Crippen LogP contribution in [0.4, 0.5) is 14.5 Å². The first-order valence-corrected chi connectivity index (χ1v) is 10.5. The highest BCUT2D eigenvalue weighted by atomic mass is 19.1.